The average Bonchev–Trinajstić information content (AvgIpc) is 3.75. The van der Waals surface area contributed by atoms with Crippen LogP contribution in [0.1, 0.15) is 158 Å². The van der Waals surface area contributed by atoms with Crippen molar-refractivity contribution in [3.63, 3.8) is 0 Å². The number of nitrogens with zero attached hydrogens (tertiary/aromatic N) is 1. The second-order valence-corrected chi connectivity index (χ2v) is 16.3. The number of hydrogen-bond donors (Lipinski definition) is 5. The summed E-state index contributed by atoms with van der Waals surface area (Å²) in [6.45, 7) is 49.0. The van der Waals surface area contributed by atoms with Gasteiger partial charge in [0.05, 0.1) is 30.1 Å². The first-order valence-corrected chi connectivity index (χ1v) is 23.4. The molecule has 2 aliphatic rings. The molecule has 1 aliphatic heterocycles. The molecule has 3 rings (SSSR count). The average molecular weight is 868 g/mol. The SMILES string of the molecule is C=C(C)[C@@H](NC=O)c1ccccc1.C=C(C=O)NCC.C=CN[C@H](C(=C)N1CCCC1C(=C)NC(C)CCC)C1CCCCC1.C=CO.CC.CCCC(C)C.COCC(C)C. The van der Waals surface area contributed by atoms with Crippen molar-refractivity contribution >= 4 is 12.7 Å². The summed E-state index contributed by atoms with van der Waals surface area (Å²) >= 11 is 0. The van der Waals surface area contributed by atoms with E-state index in [4.69, 9.17) is 9.84 Å². The van der Waals surface area contributed by atoms with E-state index in [0.717, 1.165) is 43.0 Å². The van der Waals surface area contributed by atoms with Crippen molar-refractivity contribution in [1.82, 2.24) is 26.2 Å². The number of aliphatic hydroxyl groups excluding tert-OH is 1. The summed E-state index contributed by atoms with van der Waals surface area (Å²) in [4.78, 5) is 22.6. The molecular weight excluding hydrogens is 771 g/mol. The smallest absolute Gasteiger partial charge is 0.207 e. The Morgan fingerprint density at radius 2 is 1.42 bits per heavy atom. The normalized spacial score (nSPS) is 15.1. The van der Waals surface area contributed by atoms with Gasteiger partial charge in [-0.2, -0.15) is 0 Å². The summed E-state index contributed by atoms with van der Waals surface area (Å²) in [5.74, 6) is 2.26. The minimum absolute atomic E-state index is 0.0706. The van der Waals surface area contributed by atoms with Gasteiger partial charge in [-0.05, 0) is 82.4 Å². The van der Waals surface area contributed by atoms with E-state index in [-0.39, 0.29) is 6.04 Å². The Hall–Kier alpha value is -4.24. The molecular formula is C53H97N5O4. The molecule has 1 aromatic carbocycles. The lowest BCUT2D eigenvalue weighted by molar-refractivity contribution is -0.110. The number of aldehydes is 1. The van der Waals surface area contributed by atoms with Gasteiger partial charge in [-0.15, -0.1) is 0 Å². The molecule has 1 aromatic rings. The van der Waals surface area contributed by atoms with E-state index in [1.807, 2.05) is 64.2 Å². The van der Waals surface area contributed by atoms with E-state index in [0.29, 0.717) is 48.4 Å². The fraction of sp³-hybridized carbons (Fsp3) is 0.623. The molecule has 0 bridgehead atoms. The van der Waals surface area contributed by atoms with Crippen LogP contribution in [0, 0.1) is 17.8 Å². The highest BCUT2D eigenvalue weighted by Crippen LogP contribution is 2.34. The molecule has 1 heterocycles. The molecule has 62 heavy (non-hydrogen) atoms. The van der Waals surface area contributed by atoms with E-state index < -0.39 is 0 Å². The molecule has 0 spiro atoms. The van der Waals surface area contributed by atoms with Crippen molar-refractivity contribution in [3.8, 4) is 0 Å². The highest BCUT2D eigenvalue weighted by Gasteiger charge is 2.34. The lowest BCUT2D eigenvalue weighted by atomic mass is 9.82. The zero-order valence-corrected chi connectivity index (χ0v) is 42.0. The summed E-state index contributed by atoms with van der Waals surface area (Å²) < 4.78 is 4.80. The molecule has 358 valence electrons. The van der Waals surface area contributed by atoms with Crippen LogP contribution in [0.4, 0.5) is 0 Å². The summed E-state index contributed by atoms with van der Waals surface area (Å²) in [7, 11) is 1.72. The quantitative estimate of drug-likeness (QED) is 0.0359. The summed E-state index contributed by atoms with van der Waals surface area (Å²) in [6, 6.07) is 10.9. The molecule has 9 heteroatoms. The molecule has 9 nitrogen and oxygen atoms in total. The van der Waals surface area contributed by atoms with E-state index in [1.165, 1.54) is 82.0 Å². The van der Waals surface area contributed by atoms with Gasteiger partial charge in [0.1, 0.15) is 0 Å². The first-order chi connectivity index (χ1) is 29.6. The zero-order valence-electron chi connectivity index (χ0n) is 42.0. The molecule has 2 unspecified atom stereocenters. The Kier molecular flexibility index (Phi) is 46.5. The maximum absolute atomic E-state index is 10.3. The number of likely N-dealkylation sites (tertiary alicyclic amines) is 1. The van der Waals surface area contributed by atoms with Crippen LogP contribution < -0.4 is 21.3 Å². The van der Waals surface area contributed by atoms with E-state index >= 15 is 0 Å². The Morgan fingerprint density at radius 3 is 1.79 bits per heavy atom. The number of likely N-dealkylation sites (N-methyl/N-ethyl adjacent to an activating group) is 1. The number of carbonyl (C=O) groups is 2. The summed E-state index contributed by atoms with van der Waals surface area (Å²) in [6.07, 6.45) is 18.2. The predicted octanol–water partition coefficient (Wildman–Crippen LogP) is 12.7. The highest BCUT2D eigenvalue weighted by molar-refractivity contribution is 5.70. The minimum atomic E-state index is -0.0706. The van der Waals surface area contributed by atoms with Crippen LogP contribution in [0.5, 0.6) is 0 Å². The molecule has 1 amide bonds. The number of methoxy groups -OCH3 is 1. The highest BCUT2D eigenvalue weighted by atomic mass is 16.5. The van der Waals surface area contributed by atoms with E-state index in [2.05, 4.69) is 114 Å². The number of benzene rings is 1. The summed E-state index contributed by atoms with van der Waals surface area (Å²) in [5.41, 5.74) is 4.84. The van der Waals surface area contributed by atoms with Gasteiger partial charge in [0.15, 0.2) is 6.29 Å². The first-order valence-electron chi connectivity index (χ1n) is 23.4. The fourth-order valence-electron chi connectivity index (χ4n) is 7.08. The second-order valence-electron chi connectivity index (χ2n) is 16.3. The Labute approximate surface area is 383 Å². The van der Waals surface area contributed by atoms with Crippen LogP contribution in [0.15, 0.2) is 105 Å². The number of allylic oxidation sites excluding steroid dienone is 1. The lowest BCUT2D eigenvalue weighted by Crippen LogP contribution is -2.45. The van der Waals surface area contributed by atoms with E-state index in [1.54, 1.807) is 7.11 Å². The van der Waals surface area contributed by atoms with Crippen molar-refractivity contribution < 1.29 is 19.4 Å². The zero-order chi connectivity index (χ0) is 48.3. The maximum atomic E-state index is 10.3. The molecule has 0 aromatic heterocycles. The van der Waals surface area contributed by atoms with Crippen molar-refractivity contribution in [3.05, 3.63) is 110 Å². The van der Waals surface area contributed by atoms with Gasteiger partial charge >= 0.3 is 0 Å². The number of amides is 1. The topological polar surface area (TPSA) is 115 Å². The van der Waals surface area contributed by atoms with Crippen molar-refractivity contribution in [2.24, 2.45) is 17.8 Å². The van der Waals surface area contributed by atoms with Crippen LogP contribution in [-0.4, -0.2) is 67.6 Å². The van der Waals surface area contributed by atoms with Crippen molar-refractivity contribution in [2.45, 2.75) is 171 Å². The van der Waals surface area contributed by atoms with Gasteiger partial charge in [0.25, 0.3) is 0 Å². The van der Waals surface area contributed by atoms with Gasteiger partial charge in [-0.25, -0.2) is 0 Å². The third kappa shape index (κ3) is 34.4. The number of hydrogen-bond acceptors (Lipinski definition) is 8. The maximum Gasteiger partial charge on any atom is 0.207 e. The van der Waals surface area contributed by atoms with Crippen LogP contribution >= 0.6 is 0 Å². The third-order valence-corrected chi connectivity index (χ3v) is 9.73. The van der Waals surface area contributed by atoms with Gasteiger partial charge in [0.2, 0.25) is 6.41 Å². The number of carbonyl (C=O) groups excluding carboxylic acids is 2. The standard InChI is InChI=1S/C22H39N3.C11H13NO.C6H14.C5H9NO.C5H12O.C2H4O.C2H6/c1-6-12-17(3)24-18(4)21-15-11-16-25(21)19(5)22(23-7-2)20-13-9-8-10-14-20;1-9(2)11(12-8-13)10-6-4-3-5-7-10;1-4-5-6(2)3;1-3-6-5(2)4-7;1-5(2)4-6-3;1-2-3;1-2/h7,17,20-24H,2,4-6,8-16H2,1,3H3;3-8,11H,1H2,2H3,(H,12,13);6H,4-5H2,1-3H3;4,6H,2-3H2,1H3;5H,4H2,1-3H3;2-3H,1H2;1-2H3/t17?,21?,22-;11-;;;;;/m11...../s1. The van der Waals surface area contributed by atoms with Crippen molar-refractivity contribution in [1.29, 1.82) is 0 Å². The van der Waals surface area contributed by atoms with E-state index in [9.17, 15) is 9.59 Å². The predicted molar refractivity (Wildman–Crippen MR) is 272 cm³/mol. The van der Waals surface area contributed by atoms with Crippen LogP contribution in [0.2, 0.25) is 0 Å². The number of rotatable bonds is 21. The Bertz CT molecular complexity index is 1270. The van der Waals surface area contributed by atoms with Crippen molar-refractivity contribution in [2.75, 3.05) is 26.8 Å². The van der Waals surface area contributed by atoms with Gasteiger partial charge in [0, 0.05) is 44.2 Å². The van der Waals surface area contributed by atoms with Crippen LogP contribution in [0.3, 0.4) is 0 Å². The largest absolute Gasteiger partial charge is 0.516 e. The monoisotopic (exact) mass is 868 g/mol. The molecule has 1 saturated carbocycles. The Balaban J connectivity index is -0.000000379. The minimum Gasteiger partial charge on any atom is -0.516 e. The van der Waals surface area contributed by atoms with Crippen LogP contribution in [-0.2, 0) is 14.3 Å². The molecule has 4 atom stereocenters. The fourth-order valence-corrected chi connectivity index (χ4v) is 7.08. The molecule has 1 saturated heterocycles. The molecule has 5 N–H and O–H groups in total. The Morgan fingerprint density at radius 1 is 0.855 bits per heavy atom. The second kappa shape index (κ2) is 44.8. The summed E-state index contributed by atoms with van der Waals surface area (Å²) in [5, 5.41) is 19.9. The number of nitrogens with one attached hydrogen (secondary N) is 4. The molecule has 1 aliphatic carbocycles. The number of ether oxygens (including phenoxy) is 1. The lowest BCUT2D eigenvalue weighted by Gasteiger charge is -2.39. The third-order valence-electron chi connectivity index (χ3n) is 9.73. The first kappa shape index (κ1) is 64.4. The molecule has 2 fully saturated rings. The molecule has 0 radical (unpaired) electrons. The van der Waals surface area contributed by atoms with Gasteiger partial charge < -0.3 is 36.0 Å². The van der Waals surface area contributed by atoms with Crippen LogP contribution in [0.25, 0.3) is 0 Å². The van der Waals surface area contributed by atoms with Gasteiger partial charge in [-0.3, -0.25) is 9.59 Å². The number of aliphatic hydroxyl groups is 1. The van der Waals surface area contributed by atoms with Gasteiger partial charge in [-0.1, -0.05) is 169 Å².